The number of carbonyl (C=O) groups is 2. The molecule has 0 radical (unpaired) electrons. The van der Waals surface area contributed by atoms with Gasteiger partial charge in [0, 0.05) is 42.7 Å². The molecule has 1 aliphatic heterocycles. The molecule has 0 bridgehead atoms. The Morgan fingerprint density at radius 3 is 1.92 bits per heavy atom. The summed E-state index contributed by atoms with van der Waals surface area (Å²) < 4.78 is 46.7. The first-order chi connectivity index (χ1) is 12.4. The second-order valence-corrected chi connectivity index (χ2v) is 6.85. The first-order valence-electron chi connectivity index (χ1n) is 8.74. The standard InChI is InChI=1S/C20H17F3O3/c21-20(22,23)12-6-2-1-5-11(12)17-18-13(24)7-3-9-15(18)26-16-10-4-8-14(25)19(16)17/h1-2,5-6,17H,3-4,7-10H2. The van der Waals surface area contributed by atoms with Gasteiger partial charge in [-0.3, -0.25) is 9.59 Å². The van der Waals surface area contributed by atoms with Crippen molar-refractivity contribution in [3.05, 3.63) is 58.1 Å². The summed E-state index contributed by atoms with van der Waals surface area (Å²) >= 11 is 0. The number of allylic oxidation sites excluding steroid dienone is 4. The lowest BCUT2D eigenvalue weighted by Gasteiger charge is -2.36. The quantitative estimate of drug-likeness (QED) is 0.718. The number of Topliss-reactive ketones (excluding diaryl/α,β-unsaturated/α-hetero) is 2. The Labute approximate surface area is 148 Å². The summed E-state index contributed by atoms with van der Waals surface area (Å²) in [4.78, 5) is 25.2. The first kappa shape index (κ1) is 17.1. The predicted molar refractivity (Wildman–Crippen MR) is 87.0 cm³/mol. The van der Waals surface area contributed by atoms with Gasteiger partial charge in [0.15, 0.2) is 11.6 Å². The molecule has 26 heavy (non-hydrogen) atoms. The lowest BCUT2D eigenvalue weighted by atomic mass is 9.72. The van der Waals surface area contributed by atoms with Crippen molar-refractivity contribution < 1.29 is 27.5 Å². The van der Waals surface area contributed by atoms with Gasteiger partial charge in [-0.2, -0.15) is 13.2 Å². The van der Waals surface area contributed by atoms with Gasteiger partial charge in [0.25, 0.3) is 0 Å². The van der Waals surface area contributed by atoms with Crippen molar-refractivity contribution in [1.82, 2.24) is 0 Å². The number of ether oxygens (including phenoxy) is 1. The van der Waals surface area contributed by atoms with E-state index in [9.17, 15) is 22.8 Å². The number of halogens is 3. The molecule has 6 heteroatoms. The summed E-state index contributed by atoms with van der Waals surface area (Å²) in [5, 5.41) is 0. The maximum absolute atomic E-state index is 13.6. The molecule has 1 aromatic carbocycles. The molecule has 2 aliphatic carbocycles. The lowest BCUT2D eigenvalue weighted by Crippen LogP contribution is -2.31. The zero-order chi connectivity index (χ0) is 18.5. The highest BCUT2D eigenvalue weighted by Gasteiger charge is 2.45. The van der Waals surface area contributed by atoms with Gasteiger partial charge in [-0.05, 0) is 24.5 Å². The van der Waals surface area contributed by atoms with E-state index in [4.69, 9.17) is 4.74 Å². The number of hydrogen-bond acceptors (Lipinski definition) is 3. The number of rotatable bonds is 1. The molecule has 0 aromatic heterocycles. The van der Waals surface area contributed by atoms with Crippen molar-refractivity contribution in [2.75, 3.05) is 0 Å². The van der Waals surface area contributed by atoms with Crippen molar-refractivity contribution in [3.8, 4) is 0 Å². The summed E-state index contributed by atoms with van der Waals surface area (Å²) in [7, 11) is 0. The molecule has 1 heterocycles. The maximum atomic E-state index is 13.6. The average molecular weight is 362 g/mol. The highest BCUT2D eigenvalue weighted by molar-refractivity contribution is 6.05. The topological polar surface area (TPSA) is 43.4 Å². The van der Waals surface area contributed by atoms with Crippen molar-refractivity contribution in [2.45, 2.75) is 50.6 Å². The van der Waals surface area contributed by atoms with E-state index in [0.29, 0.717) is 37.2 Å². The van der Waals surface area contributed by atoms with Gasteiger partial charge in [0.2, 0.25) is 0 Å². The van der Waals surface area contributed by atoms with E-state index in [-0.39, 0.29) is 41.1 Å². The molecule has 1 aromatic rings. The minimum atomic E-state index is -4.56. The van der Waals surface area contributed by atoms with Crippen LogP contribution in [0.15, 0.2) is 46.9 Å². The van der Waals surface area contributed by atoms with Crippen LogP contribution in [0.1, 0.15) is 55.6 Å². The number of benzene rings is 1. The molecule has 0 spiro atoms. The molecule has 0 atom stereocenters. The van der Waals surface area contributed by atoms with Gasteiger partial charge in [-0.1, -0.05) is 18.2 Å². The van der Waals surface area contributed by atoms with Crippen LogP contribution in [-0.2, 0) is 20.5 Å². The Balaban J connectivity index is 1.97. The zero-order valence-corrected chi connectivity index (χ0v) is 14.0. The third-order valence-electron chi connectivity index (χ3n) is 5.22. The summed E-state index contributed by atoms with van der Waals surface area (Å²) in [5.74, 6) is -0.545. The van der Waals surface area contributed by atoms with Gasteiger partial charge in [0.05, 0.1) is 5.56 Å². The van der Waals surface area contributed by atoms with E-state index in [1.165, 1.54) is 18.2 Å². The fourth-order valence-electron chi connectivity index (χ4n) is 4.14. The number of carbonyl (C=O) groups excluding carboxylic acids is 2. The molecular weight excluding hydrogens is 345 g/mol. The largest absolute Gasteiger partial charge is 0.465 e. The van der Waals surface area contributed by atoms with E-state index >= 15 is 0 Å². The van der Waals surface area contributed by atoms with Crippen LogP contribution >= 0.6 is 0 Å². The Morgan fingerprint density at radius 1 is 0.846 bits per heavy atom. The minimum absolute atomic E-state index is 0.0335. The molecule has 4 rings (SSSR count). The van der Waals surface area contributed by atoms with E-state index in [2.05, 4.69) is 0 Å². The van der Waals surface area contributed by atoms with Crippen LogP contribution in [0.3, 0.4) is 0 Å². The normalized spacial score (nSPS) is 21.5. The second-order valence-electron chi connectivity index (χ2n) is 6.85. The van der Waals surface area contributed by atoms with Crippen molar-refractivity contribution in [3.63, 3.8) is 0 Å². The Morgan fingerprint density at radius 2 is 1.38 bits per heavy atom. The highest BCUT2D eigenvalue weighted by Crippen LogP contribution is 2.50. The van der Waals surface area contributed by atoms with Gasteiger partial charge in [-0.15, -0.1) is 0 Å². The van der Waals surface area contributed by atoms with Crippen LogP contribution in [0.25, 0.3) is 0 Å². The van der Waals surface area contributed by atoms with Gasteiger partial charge in [-0.25, -0.2) is 0 Å². The van der Waals surface area contributed by atoms with Gasteiger partial charge >= 0.3 is 6.18 Å². The first-order valence-corrected chi connectivity index (χ1v) is 8.74. The Kier molecular flexibility index (Phi) is 4.01. The monoisotopic (exact) mass is 362 g/mol. The SMILES string of the molecule is O=C1CCCC2=C1C(c1ccccc1C(F)(F)F)C1=C(CCCC1=O)O2. The lowest BCUT2D eigenvalue weighted by molar-refractivity contribution is -0.138. The Hall–Kier alpha value is -2.37. The fourth-order valence-corrected chi connectivity index (χ4v) is 4.14. The minimum Gasteiger partial charge on any atom is -0.465 e. The van der Waals surface area contributed by atoms with E-state index < -0.39 is 17.7 Å². The predicted octanol–water partition coefficient (Wildman–Crippen LogP) is 4.83. The molecule has 3 nitrogen and oxygen atoms in total. The van der Waals surface area contributed by atoms with Gasteiger partial charge < -0.3 is 4.74 Å². The third-order valence-corrected chi connectivity index (χ3v) is 5.22. The van der Waals surface area contributed by atoms with Crippen LogP contribution < -0.4 is 0 Å². The average Bonchev–Trinajstić information content (AvgIpc) is 2.60. The van der Waals surface area contributed by atoms with E-state index in [0.717, 1.165) is 6.07 Å². The summed E-state index contributed by atoms with van der Waals surface area (Å²) in [6.07, 6.45) is -1.78. The number of ketones is 2. The second kappa shape index (κ2) is 6.11. The maximum Gasteiger partial charge on any atom is 0.416 e. The Bertz CT molecular complexity index is 819. The fraction of sp³-hybridized carbons (Fsp3) is 0.400. The highest BCUT2D eigenvalue weighted by atomic mass is 19.4. The molecule has 0 amide bonds. The van der Waals surface area contributed by atoms with Crippen molar-refractivity contribution in [1.29, 1.82) is 0 Å². The third kappa shape index (κ3) is 2.68. The van der Waals surface area contributed by atoms with Crippen LogP contribution in [0.2, 0.25) is 0 Å². The van der Waals surface area contributed by atoms with Crippen molar-refractivity contribution >= 4 is 11.6 Å². The molecular formula is C20H17F3O3. The number of hydrogen-bond donors (Lipinski definition) is 0. The van der Waals surface area contributed by atoms with Crippen molar-refractivity contribution in [2.24, 2.45) is 0 Å². The van der Waals surface area contributed by atoms with E-state index in [1.807, 2.05) is 0 Å². The summed E-state index contributed by atoms with van der Waals surface area (Å²) in [6, 6.07) is 5.21. The molecule has 0 saturated heterocycles. The number of alkyl halides is 3. The summed E-state index contributed by atoms with van der Waals surface area (Å²) in [6.45, 7) is 0. The van der Waals surface area contributed by atoms with Crippen LogP contribution in [0.4, 0.5) is 13.2 Å². The molecule has 136 valence electrons. The molecule has 0 fully saturated rings. The molecule has 0 unspecified atom stereocenters. The molecule has 0 N–H and O–H groups in total. The van der Waals surface area contributed by atoms with Crippen LogP contribution in [0.5, 0.6) is 0 Å². The van der Waals surface area contributed by atoms with Crippen LogP contribution in [0, 0.1) is 0 Å². The molecule has 3 aliphatic rings. The van der Waals surface area contributed by atoms with Crippen LogP contribution in [-0.4, -0.2) is 11.6 Å². The smallest absolute Gasteiger partial charge is 0.416 e. The van der Waals surface area contributed by atoms with Gasteiger partial charge in [0.1, 0.15) is 11.5 Å². The summed E-state index contributed by atoms with van der Waals surface area (Å²) in [5.41, 5.74) is -0.361. The zero-order valence-electron chi connectivity index (χ0n) is 14.0. The van der Waals surface area contributed by atoms with E-state index in [1.54, 1.807) is 0 Å². The molecule has 0 saturated carbocycles.